The van der Waals surface area contributed by atoms with E-state index in [2.05, 4.69) is 4.98 Å². The summed E-state index contributed by atoms with van der Waals surface area (Å²) >= 11 is 1.20. The first kappa shape index (κ1) is 15.8. The first-order chi connectivity index (χ1) is 10.7. The third-order valence-corrected chi connectivity index (χ3v) is 5.51. The molecule has 2 heterocycles. The van der Waals surface area contributed by atoms with Crippen molar-refractivity contribution in [1.29, 1.82) is 0 Å². The fraction of sp³-hybridized carbons (Fsp3) is 0.308. The molecule has 0 saturated carbocycles. The second-order valence-electron chi connectivity index (χ2n) is 5.39. The smallest absolute Gasteiger partial charge is 0.335 e. The molecule has 1 unspecified atom stereocenters. The number of carboxylic acid groups (broad SMARTS) is 1. The molecule has 8 nitrogen and oxygen atoms in total. The van der Waals surface area contributed by atoms with Gasteiger partial charge in [0.05, 0.1) is 21.5 Å². The number of carboxylic acids is 1. The number of carbonyl (C=O) groups is 2. The Morgan fingerprint density at radius 3 is 2.87 bits per heavy atom. The number of nitrogens with two attached hydrogens (primary N) is 1. The van der Waals surface area contributed by atoms with Crippen LogP contribution >= 0.6 is 11.3 Å². The zero-order valence-corrected chi connectivity index (χ0v) is 13.4. The summed E-state index contributed by atoms with van der Waals surface area (Å²) in [7, 11) is -3.64. The van der Waals surface area contributed by atoms with Crippen molar-refractivity contribution in [3.05, 3.63) is 23.8 Å². The Hall–Kier alpha value is -2.04. The SMILES string of the molecule is NS(=O)(=O)CC1CC(=O)N(c2nc3ccc(C(=O)O)cc3s2)C1. The van der Waals surface area contributed by atoms with Crippen molar-refractivity contribution >= 4 is 48.6 Å². The molecule has 2 aromatic rings. The van der Waals surface area contributed by atoms with Crippen LogP contribution in [0.1, 0.15) is 16.8 Å². The zero-order valence-electron chi connectivity index (χ0n) is 11.8. The average Bonchev–Trinajstić information content (AvgIpc) is 2.98. The monoisotopic (exact) mass is 355 g/mol. The highest BCUT2D eigenvalue weighted by molar-refractivity contribution is 7.89. The molecule has 0 aliphatic carbocycles. The molecule has 0 bridgehead atoms. The van der Waals surface area contributed by atoms with E-state index in [0.29, 0.717) is 15.3 Å². The minimum Gasteiger partial charge on any atom is -0.478 e. The van der Waals surface area contributed by atoms with Gasteiger partial charge in [0, 0.05) is 18.9 Å². The number of thiazole rings is 1. The summed E-state index contributed by atoms with van der Waals surface area (Å²) in [6.45, 7) is 0.237. The molecule has 0 spiro atoms. The second kappa shape index (κ2) is 5.55. The number of benzene rings is 1. The molecule has 1 fully saturated rings. The molecule has 3 N–H and O–H groups in total. The van der Waals surface area contributed by atoms with Crippen LogP contribution in [0.5, 0.6) is 0 Å². The van der Waals surface area contributed by atoms with Crippen molar-refractivity contribution in [1.82, 2.24) is 4.98 Å². The molecule has 122 valence electrons. The lowest BCUT2D eigenvalue weighted by molar-refractivity contribution is -0.117. The number of carbonyl (C=O) groups excluding carboxylic acids is 1. The number of fused-ring (bicyclic) bond motifs is 1. The van der Waals surface area contributed by atoms with E-state index >= 15 is 0 Å². The minimum absolute atomic E-state index is 0.104. The summed E-state index contributed by atoms with van der Waals surface area (Å²) < 4.78 is 23.0. The Kier molecular flexibility index (Phi) is 3.82. The van der Waals surface area contributed by atoms with Gasteiger partial charge in [-0.15, -0.1) is 0 Å². The largest absolute Gasteiger partial charge is 0.478 e. The molecule has 23 heavy (non-hydrogen) atoms. The van der Waals surface area contributed by atoms with E-state index < -0.39 is 16.0 Å². The second-order valence-corrected chi connectivity index (χ2v) is 8.06. The van der Waals surface area contributed by atoms with Gasteiger partial charge in [0.1, 0.15) is 0 Å². The van der Waals surface area contributed by atoms with Crippen LogP contribution in [0.2, 0.25) is 0 Å². The summed E-state index contributed by atoms with van der Waals surface area (Å²) in [6, 6.07) is 4.53. The van der Waals surface area contributed by atoms with Crippen molar-refractivity contribution in [3.8, 4) is 0 Å². The Balaban J connectivity index is 1.88. The number of hydrogen-bond donors (Lipinski definition) is 2. The number of anilines is 1. The number of primary sulfonamides is 1. The molecule has 1 aliphatic heterocycles. The third kappa shape index (κ3) is 3.33. The number of amides is 1. The van der Waals surface area contributed by atoms with Crippen molar-refractivity contribution in [2.24, 2.45) is 11.1 Å². The molecule has 10 heteroatoms. The normalized spacial score (nSPS) is 18.7. The number of aromatic carboxylic acids is 1. The van der Waals surface area contributed by atoms with Gasteiger partial charge in [0.2, 0.25) is 15.9 Å². The fourth-order valence-electron chi connectivity index (χ4n) is 2.57. The lowest BCUT2D eigenvalue weighted by atomic mass is 10.1. The number of rotatable bonds is 4. The van der Waals surface area contributed by atoms with Gasteiger partial charge in [0.25, 0.3) is 0 Å². The lowest BCUT2D eigenvalue weighted by Gasteiger charge is -2.12. The van der Waals surface area contributed by atoms with Gasteiger partial charge in [-0.1, -0.05) is 11.3 Å². The van der Waals surface area contributed by atoms with E-state index in [0.717, 1.165) is 0 Å². The number of aromatic nitrogens is 1. The van der Waals surface area contributed by atoms with Crippen LogP contribution in [0.15, 0.2) is 18.2 Å². The van der Waals surface area contributed by atoms with Gasteiger partial charge in [-0.3, -0.25) is 9.69 Å². The molecular weight excluding hydrogens is 342 g/mol. The van der Waals surface area contributed by atoms with E-state index in [1.165, 1.54) is 28.4 Å². The van der Waals surface area contributed by atoms with Gasteiger partial charge in [0.15, 0.2) is 5.13 Å². The Morgan fingerprint density at radius 2 is 2.22 bits per heavy atom. The van der Waals surface area contributed by atoms with E-state index in [1.807, 2.05) is 0 Å². The van der Waals surface area contributed by atoms with Crippen molar-refractivity contribution < 1.29 is 23.1 Å². The molecule has 1 aliphatic rings. The molecule has 3 rings (SSSR count). The first-order valence-corrected chi connectivity index (χ1v) is 9.21. The maximum Gasteiger partial charge on any atom is 0.335 e. The van der Waals surface area contributed by atoms with Crippen LogP contribution in [0.4, 0.5) is 5.13 Å². The van der Waals surface area contributed by atoms with Gasteiger partial charge < -0.3 is 5.11 Å². The van der Waals surface area contributed by atoms with Crippen LogP contribution in [0.3, 0.4) is 0 Å². The van der Waals surface area contributed by atoms with Gasteiger partial charge in [-0.2, -0.15) is 0 Å². The number of nitrogens with zero attached hydrogens (tertiary/aromatic N) is 2. The van der Waals surface area contributed by atoms with E-state index in [1.54, 1.807) is 6.07 Å². The quantitative estimate of drug-likeness (QED) is 0.827. The highest BCUT2D eigenvalue weighted by Crippen LogP contribution is 2.33. The van der Waals surface area contributed by atoms with Crippen LogP contribution in [0, 0.1) is 5.92 Å². The molecule has 1 amide bonds. The Labute approximate surface area is 135 Å². The summed E-state index contributed by atoms with van der Waals surface area (Å²) in [5.41, 5.74) is 0.741. The maximum atomic E-state index is 12.1. The third-order valence-electron chi connectivity index (χ3n) is 3.53. The lowest BCUT2D eigenvalue weighted by Crippen LogP contribution is -2.27. The fourth-order valence-corrected chi connectivity index (χ4v) is 4.48. The van der Waals surface area contributed by atoms with Gasteiger partial charge in [-0.25, -0.2) is 23.3 Å². The van der Waals surface area contributed by atoms with Gasteiger partial charge in [-0.05, 0) is 18.2 Å². The maximum absolute atomic E-state index is 12.1. The van der Waals surface area contributed by atoms with Crippen molar-refractivity contribution in [2.75, 3.05) is 17.2 Å². The Morgan fingerprint density at radius 1 is 1.48 bits per heavy atom. The van der Waals surface area contributed by atoms with Crippen LogP contribution in [0.25, 0.3) is 10.2 Å². The predicted molar refractivity (Wildman–Crippen MR) is 85.0 cm³/mol. The number of sulfonamides is 1. The Bertz CT molecular complexity index is 905. The molecule has 1 aromatic heterocycles. The molecule has 1 aromatic carbocycles. The molecule has 1 saturated heterocycles. The zero-order chi connectivity index (χ0) is 16.8. The van der Waals surface area contributed by atoms with Crippen molar-refractivity contribution in [3.63, 3.8) is 0 Å². The van der Waals surface area contributed by atoms with E-state index in [4.69, 9.17) is 10.2 Å². The highest BCUT2D eigenvalue weighted by atomic mass is 32.2. The first-order valence-electron chi connectivity index (χ1n) is 6.67. The van der Waals surface area contributed by atoms with Crippen LogP contribution < -0.4 is 10.0 Å². The van der Waals surface area contributed by atoms with Gasteiger partial charge >= 0.3 is 5.97 Å². The highest BCUT2D eigenvalue weighted by Gasteiger charge is 2.34. The minimum atomic E-state index is -3.64. The average molecular weight is 355 g/mol. The molecule has 1 atom stereocenters. The number of hydrogen-bond acceptors (Lipinski definition) is 6. The van der Waals surface area contributed by atoms with Crippen LogP contribution in [-0.4, -0.2) is 42.7 Å². The topological polar surface area (TPSA) is 131 Å². The molecule has 0 radical (unpaired) electrons. The summed E-state index contributed by atoms with van der Waals surface area (Å²) in [6.07, 6.45) is 0.104. The van der Waals surface area contributed by atoms with E-state index in [-0.39, 0.29) is 36.1 Å². The van der Waals surface area contributed by atoms with Crippen molar-refractivity contribution in [2.45, 2.75) is 6.42 Å². The summed E-state index contributed by atoms with van der Waals surface area (Å²) in [5, 5.41) is 14.5. The summed E-state index contributed by atoms with van der Waals surface area (Å²) in [5.74, 6) is -1.86. The molecular formula is C13H13N3O5S2. The summed E-state index contributed by atoms with van der Waals surface area (Å²) in [4.78, 5) is 28.8. The predicted octanol–water partition coefficient (Wildman–Crippen LogP) is 0.636. The standard InChI is InChI=1S/C13H13N3O5S2/c14-23(20,21)6-7-3-11(17)16(5-7)13-15-9-2-1-8(12(18)19)4-10(9)22-13/h1-2,4,7H,3,5-6H2,(H,18,19)(H2,14,20,21). The van der Waals surface area contributed by atoms with Crippen LogP contribution in [-0.2, 0) is 14.8 Å². The van der Waals surface area contributed by atoms with E-state index in [9.17, 15) is 18.0 Å².